The summed E-state index contributed by atoms with van der Waals surface area (Å²) in [6, 6.07) is -0.592. The third-order valence-electron chi connectivity index (χ3n) is 17.9. The maximum absolute atomic E-state index is 13.8. The van der Waals surface area contributed by atoms with Crippen molar-refractivity contribution in [3.05, 3.63) is 34.9 Å². The van der Waals surface area contributed by atoms with Gasteiger partial charge in [-0.3, -0.25) is 14.6 Å². The fraction of sp³-hybridized carbons (Fsp3) is 0.787. The zero-order valence-corrected chi connectivity index (χ0v) is 36.6. The van der Waals surface area contributed by atoms with E-state index in [-0.39, 0.29) is 63.5 Å². The number of fused-ring (bicyclic) bond motifs is 7. The van der Waals surface area contributed by atoms with Gasteiger partial charge in [-0.2, -0.15) is 0 Å². The molecule has 5 saturated carbocycles. The molecule has 10 heteroatoms. The molecule has 0 bridgehead atoms. The summed E-state index contributed by atoms with van der Waals surface area (Å²) in [6.45, 7) is 27.1. The van der Waals surface area contributed by atoms with Gasteiger partial charge in [0.05, 0.1) is 30.2 Å². The van der Waals surface area contributed by atoms with Gasteiger partial charge in [0.2, 0.25) is 11.8 Å². The van der Waals surface area contributed by atoms with E-state index in [0.29, 0.717) is 60.5 Å². The predicted molar refractivity (Wildman–Crippen MR) is 219 cm³/mol. The van der Waals surface area contributed by atoms with Crippen molar-refractivity contribution >= 4 is 23.8 Å². The van der Waals surface area contributed by atoms with Gasteiger partial charge in [0, 0.05) is 24.3 Å². The third-order valence-corrected chi connectivity index (χ3v) is 17.9. The molecular formula is C47H70N4O6. The third kappa shape index (κ3) is 6.65. The van der Waals surface area contributed by atoms with E-state index < -0.39 is 6.04 Å². The average Bonchev–Trinajstić information content (AvgIpc) is 3.79. The van der Waals surface area contributed by atoms with E-state index in [9.17, 15) is 19.2 Å². The molecule has 0 unspecified atom stereocenters. The van der Waals surface area contributed by atoms with Gasteiger partial charge in [0.15, 0.2) is 5.69 Å². The fourth-order valence-corrected chi connectivity index (χ4v) is 14.7. The lowest BCUT2D eigenvalue weighted by atomic mass is 9.32. The number of carbonyl (C=O) groups excluding carboxylic acids is 4. The monoisotopic (exact) mass is 787 g/mol. The van der Waals surface area contributed by atoms with Crippen molar-refractivity contribution in [2.45, 2.75) is 158 Å². The van der Waals surface area contributed by atoms with Crippen LogP contribution in [0.1, 0.15) is 153 Å². The molecule has 7 rings (SSSR count). The molecule has 1 saturated heterocycles. The normalized spacial score (nSPS) is 39.2. The van der Waals surface area contributed by atoms with Crippen LogP contribution in [0, 0.1) is 77.4 Å². The van der Waals surface area contributed by atoms with Crippen LogP contribution in [0.4, 0.5) is 0 Å². The minimum absolute atomic E-state index is 0.0673. The smallest absolute Gasteiger partial charge is 0.358 e. The molecule has 2 heterocycles. The molecule has 11 atom stereocenters. The highest BCUT2D eigenvalue weighted by atomic mass is 16.5. The molecule has 57 heavy (non-hydrogen) atoms. The Balaban J connectivity index is 1.09. The van der Waals surface area contributed by atoms with Crippen LogP contribution in [0.15, 0.2) is 12.2 Å². The van der Waals surface area contributed by atoms with Crippen molar-refractivity contribution < 1.29 is 28.7 Å². The van der Waals surface area contributed by atoms with Crippen LogP contribution in [0.2, 0.25) is 0 Å². The molecular weight excluding hydrogens is 717 g/mol. The van der Waals surface area contributed by atoms with Gasteiger partial charge in [-0.1, -0.05) is 46.8 Å². The Bertz CT molecular complexity index is 1830. The highest BCUT2D eigenvalue weighted by Crippen LogP contribution is 2.77. The number of allylic oxidation sites excluding steroid dienone is 1. The zero-order chi connectivity index (χ0) is 41.5. The van der Waals surface area contributed by atoms with Crippen LogP contribution in [-0.4, -0.2) is 70.5 Å². The summed E-state index contributed by atoms with van der Waals surface area (Å²) in [6.07, 6.45) is 11.9. The van der Waals surface area contributed by atoms with Crippen molar-refractivity contribution in [1.82, 2.24) is 20.2 Å². The van der Waals surface area contributed by atoms with Crippen molar-refractivity contribution in [3.8, 4) is 0 Å². The van der Waals surface area contributed by atoms with E-state index in [1.165, 1.54) is 25.3 Å². The molecule has 0 radical (unpaired) electrons. The van der Waals surface area contributed by atoms with E-state index in [2.05, 4.69) is 63.4 Å². The van der Waals surface area contributed by atoms with Crippen LogP contribution in [0.25, 0.3) is 0 Å². The predicted octanol–water partition coefficient (Wildman–Crippen LogP) is 8.26. The summed E-state index contributed by atoms with van der Waals surface area (Å²) in [5.74, 6) is 1.18. The Morgan fingerprint density at radius 1 is 0.807 bits per heavy atom. The molecule has 2 amide bonds. The Kier molecular flexibility index (Phi) is 10.8. The summed E-state index contributed by atoms with van der Waals surface area (Å²) in [7, 11) is 0. The maximum Gasteiger partial charge on any atom is 0.358 e. The van der Waals surface area contributed by atoms with Crippen LogP contribution in [0.3, 0.4) is 0 Å². The zero-order valence-electron chi connectivity index (χ0n) is 36.6. The number of aryl methyl sites for hydroxylation is 3. The summed E-state index contributed by atoms with van der Waals surface area (Å²) >= 11 is 0. The quantitative estimate of drug-likeness (QED) is 0.206. The second-order valence-electron chi connectivity index (χ2n) is 20.9. The first-order valence-corrected chi connectivity index (χ1v) is 22.1. The molecule has 10 nitrogen and oxygen atoms in total. The Morgan fingerprint density at radius 3 is 2.23 bits per heavy atom. The van der Waals surface area contributed by atoms with Crippen molar-refractivity contribution in [3.63, 3.8) is 0 Å². The number of rotatable bonds is 8. The minimum atomic E-state index is -0.592. The number of hydrogen-bond acceptors (Lipinski definition) is 8. The Labute approximate surface area is 341 Å². The van der Waals surface area contributed by atoms with Gasteiger partial charge in [-0.25, -0.2) is 14.6 Å². The number of hydrogen-bond donors (Lipinski definition) is 1. The van der Waals surface area contributed by atoms with Crippen LogP contribution in [-0.2, 0) is 23.9 Å². The summed E-state index contributed by atoms with van der Waals surface area (Å²) in [5.41, 5.74) is 3.94. The van der Waals surface area contributed by atoms with Gasteiger partial charge >= 0.3 is 11.9 Å². The Morgan fingerprint density at radius 2 is 1.53 bits per heavy atom. The molecule has 1 aromatic rings. The minimum Gasteiger partial charge on any atom is -0.460 e. The molecule has 1 aliphatic heterocycles. The number of aromatic nitrogens is 2. The van der Waals surface area contributed by atoms with E-state index in [0.717, 1.165) is 69.2 Å². The second-order valence-corrected chi connectivity index (χ2v) is 20.9. The second kappa shape index (κ2) is 14.8. The first kappa shape index (κ1) is 41.8. The molecule has 0 spiro atoms. The molecule has 314 valence electrons. The van der Waals surface area contributed by atoms with Crippen LogP contribution < -0.4 is 5.32 Å². The highest BCUT2D eigenvalue weighted by molar-refractivity contribution is 5.89. The largest absolute Gasteiger partial charge is 0.460 e. The molecule has 1 N–H and O–H groups in total. The van der Waals surface area contributed by atoms with Crippen molar-refractivity contribution in [2.75, 3.05) is 19.7 Å². The summed E-state index contributed by atoms with van der Waals surface area (Å²) < 4.78 is 12.8. The lowest BCUT2D eigenvalue weighted by molar-refractivity contribution is -0.252. The number of nitrogens with zero attached hydrogens (tertiary/aromatic N) is 3. The molecule has 6 fully saturated rings. The highest BCUT2D eigenvalue weighted by Gasteiger charge is 2.71. The fourth-order valence-electron chi connectivity index (χ4n) is 14.7. The van der Waals surface area contributed by atoms with Gasteiger partial charge in [-0.15, -0.1) is 0 Å². The van der Waals surface area contributed by atoms with E-state index in [1.54, 1.807) is 4.90 Å². The number of likely N-dealkylation sites (tertiary alicyclic amines) is 1. The number of esters is 2. The topological polar surface area (TPSA) is 128 Å². The van der Waals surface area contributed by atoms with Gasteiger partial charge in [0.1, 0.15) is 12.1 Å². The lowest BCUT2D eigenvalue weighted by Crippen LogP contribution is -2.67. The number of amides is 2. The number of nitrogens with one attached hydrogen (secondary N) is 1. The first-order valence-electron chi connectivity index (χ1n) is 22.1. The van der Waals surface area contributed by atoms with Gasteiger partial charge < -0.3 is 19.7 Å². The standard InChI is InChI=1S/C47H70N4O6/c1-27(2)32-16-21-47(26-56-42(55)40-30(5)49-28(3)29(4)50-40)23-22-45(10)33(39(32)47)14-15-36-44(9)19-18-37(43(7,8)35(44)17-20-46(36,45)11)57-41(54)34-13-12-24-51(34)38(53)25-48-31(6)52/h32-37,39H,1,12-26H2,2-11H3,(H,48,52)/t32-,33+,34-,35-,36+,37-,39+,44-,45+,46+,47+/m0/s1. The van der Waals surface area contributed by atoms with Crippen LogP contribution >= 0.6 is 0 Å². The van der Waals surface area contributed by atoms with Crippen molar-refractivity contribution in [1.29, 1.82) is 0 Å². The summed E-state index contributed by atoms with van der Waals surface area (Å²) in [5, 5.41) is 2.59. The van der Waals surface area contributed by atoms with E-state index in [4.69, 9.17) is 9.47 Å². The summed E-state index contributed by atoms with van der Waals surface area (Å²) in [4.78, 5) is 62.6. The van der Waals surface area contributed by atoms with Crippen LogP contribution in [0.5, 0.6) is 0 Å². The Hall–Kier alpha value is -3.30. The van der Waals surface area contributed by atoms with Gasteiger partial charge in [-0.05, 0) is 151 Å². The first-order chi connectivity index (χ1) is 26.7. The number of ether oxygens (including phenoxy) is 2. The molecule has 5 aliphatic carbocycles. The van der Waals surface area contributed by atoms with E-state index >= 15 is 0 Å². The molecule has 1 aromatic heterocycles. The lowest BCUT2D eigenvalue weighted by Gasteiger charge is -2.73. The van der Waals surface area contributed by atoms with Gasteiger partial charge in [0.25, 0.3) is 0 Å². The van der Waals surface area contributed by atoms with Crippen molar-refractivity contribution in [2.24, 2.45) is 56.7 Å². The molecule has 6 aliphatic rings. The average molecular weight is 787 g/mol. The SMILES string of the molecule is C=C(C)[C@@H]1CC[C@]2(COC(=O)c3nc(C)c(C)nc3C)CC[C@]3(C)[C@H](CC[C@@H]4[C@@]5(C)CC[C@H](OC(=O)[C@@H]6CCCN6C(=O)CNC(C)=O)C(C)(C)[C@@H]5CC[C@]43C)[C@@H]12. The number of carbonyl (C=O) groups is 4. The van der Waals surface area contributed by atoms with E-state index in [1.807, 2.05) is 20.8 Å². The maximum atomic E-state index is 13.8. The molecule has 0 aromatic carbocycles.